The van der Waals surface area contributed by atoms with Crippen molar-refractivity contribution in [2.45, 2.75) is 13.8 Å². The highest BCUT2D eigenvalue weighted by Gasteiger charge is 1.99. The molecule has 0 aromatic carbocycles. The summed E-state index contributed by atoms with van der Waals surface area (Å²) in [6, 6.07) is 1.90. The van der Waals surface area contributed by atoms with Gasteiger partial charge in [0.2, 0.25) is 0 Å². The van der Waals surface area contributed by atoms with Crippen molar-refractivity contribution in [3.63, 3.8) is 0 Å². The average Bonchev–Trinajstić information content (AvgIpc) is 2.51. The first-order valence-corrected chi connectivity index (χ1v) is 4.91. The summed E-state index contributed by atoms with van der Waals surface area (Å²) in [6.07, 6.45) is 1.82. The van der Waals surface area contributed by atoms with Crippen LogP contribution < -0.4 is 0 Å². The Balaban J connectivity index is 2.87. The van der Waals surface area contributed by atoms with Crippen LogP contribution in [0.3, 0.4) is 0 Å². The molecule has 0 saturated carbocycles. The van der Waals surface area contributed by atoms with Gasteiger partial charge in [0.25, 0.3) is 0 Å². The molecule has 0 aliphatic heterocycles. The highest BCUT2D eigenvalue weighted by atomic mass is 79.9. The van der Waals surface area contributed by atoms with E-state index in [1.165, 1.54) is 0 Å². The van der Waals surface area contributed by atoms with Crippen LogP contribution in [-0.2, 0) is 0 Å². The van der Waals surface area contributed by atoms with Crippen molar-refractivity contribution in [1.29, 1.82) is 0 Å². The number of aliphatic imine (C=N–C) groups is 1. The van der Waals surface area contributed by atoms with E-state index in [1.807, 2.05) is 26.1 Å². The molecule has 4 heteroatoms. The smallest absolute Gasteiger partial charge is 0.146 e. The predicted molar refractivity (Wildman–Crippen MR) is 63.5 cm³/mol. The molecule has 0 aliphatic carbocycles. The molecule has 0 amide bonds. The van der Waals surface area contributed by atoms with E-state index in [2.05, 4.69) is 39.2 Å². The summed E-state index contributed by atoms with van der Waals surface area (Å²) in [6.45, 7) is 11.3. The van der Waals surface area contributed by atoms with Crippen molar-refractivity contribution in [2.75, 3.05) is 0 Å². The molecule has 14 heavy (non-hydrogen) atoms. The summed E-state index contributed by atoms with van der Waals surface area (Å²) in [5, 5.41) is 4.19. The molecule has 0 saturated heterocycles. The summed E-state index contributed by atoms with van der Waals surface area (Å²) in [4.78, 5) is 4.24. The SMILES string of the molecule is C=C(Br)C(C)=NC(=C)n1ccc(C)n1. The maximum absolute atomic E-state index is 4.24. The van der Waals surface area contributed by atoms with Gasteiger partial charge in [-0.3, -0.25) is 0 Å². The summed E-state index contributed by atoms with van der Waals surface area (Å²) >= 11 is 3.25. The Morgan fingerprint density at radius 1 is 1.57 bits per heavy atom. The van der Waals surface area contributed by atoms with Gasteiger partial charge < -0.3 is 0 Å². The van der Waals surface area contributed by atoms with Crippen LogP contribution in [0, 0.1) is 6.92 Å². The Hall–Kier alpha value is -1.16. The number of allylic oxidation sites excluding steroid dienone is 1. The van der Waals surface area contributed by atoms with Gasteiger partial charge in [-0.05, 0) is 35.8 Å². The highest BCUT2D eigenvalue weighted by molar-refractivity contribution is 9.12. The minimum atomic E-state index is 0.580. The van der Waals surface area contributed by atoms with Crippen molar-refractivity contribution in [2.24, 2.45) is 4.99 Å². The van der Waals surface area contributed by atoms with E-state index in [0.717, 1.165) is 15.9 Å². The van der Waals surface area contributed by atoms with Gasteiger partial charge in [-0.2, -0.15) is 5.10 Å². The zero-order chi connectivity index (χ0) is 10.7. The normalized spacial score (nSPS) is 11.5. The van der Waals surface area contributed by atoms with Crippen molar-refractivity contribution >= 4 is 27.5 Å². The van der Waals surface area contributed by atoms with E-state index in [9.17, 15) is 0 Å². The Kier molecular flexibility index (Phi) is 3.41. The average molecular weight is 254 g/mol. The van der Waals surface area contributed by atoms with Gasteiger partial charge in [-0.15, -0.1) is 0 Å². The molecule has 1 aromatic heterocycles. The summed E-state index contributed by atoms with van der Waals surface area (Å²) < 4.78 is 2.39. The van der Waals surface area contributed by atoms with E-state index in [-0.39, 0.29) is 0 Å². The van der Waals surface area contributed by atoms with Gasteiger partial charge in [0.1, 0.15) is 5.82 Å². The van der Waals surface area contributed by atoms with Crippen LogP contribution in [0.1, 0.15) is 12.6 Å². The molecule has 0 N–H and O–H groups in total. The van der Waals surface area contributed by atoms with Crippen molar-refractivity contribution in [3.05, 3.63) is 35.6 Å². The van der Waals surface area contributed by atoms with Crippen LogP contribution >= 0.6 is 15.9 Å². The van der Waals surface area contributed by atoms with Gasteiger partial charge in [0.05, 0.1) is 11.4 Å². The van der Waals surface area contributed by atoms with Crippen LogP contribution in [-0.4, -0.2) is 15.5 Å². The molecule has 0 unspecified atom stereocenters. The number of hydrogen-bond donors (Lipinski definition) is 0. The third-order valence-corrected chi connectivity index (χ3v) is 2.25. The van der Waals surface area contributed by atoms with Crippen molar-refractivity contribution < 1.29 is 0 Å². The predicted octanol–water partition coefficient (Wildman–Crippen LogP) is 2.99. The Bertz CT molecular complexity index is 401. The number of rotatable bonds is 3. The van der Waals surface area contributed by atoms with Crippen LogP contribution in [0.2, 0.25) is 0 Å². The van der Waals surface area contributed by atoms with Crippen LogP contribution in [0.15, 0.2) is 34.9 Å². The van der Waals surface area contributed by atoms with E-state index in [4.69, 9.17) is 0 Å². The van der Waals surface area contributed by atoms with E-state index >= 15 is 0 Å². The molecule has 0 radical (unpaired) electrons. The molecule has 1 aromatic rings. The highest BCUT2D eigenvalue weighted by Crippen LogP contribution is 2.09. The lowest BCUT2D eigenvalue weighted by Crippen LogP contribution is -1.98. The number of nitrogens with zero attached hydrogens (tertiary/aromatic N) is 3. The molecule has 0 atom stereocenters. The zero-order valence-electron chi connectivity index (χ0n) is 8.29. The van der Waals surface area contributed by atoms with Crippen molar-refractivity contribution in [3.8, 4) is 0 Å². The van der Waals surface area contributed by atoms with E-state index < -0.39 is 0 Å². The number of aryl methyl sites for hydroxylation is 1. The molecule has 0 spiro atoms. The van der Waals surface area contributed by atoms with Gasteiger partial charge in [-0.25, -0.2) is 9.67 Å². The fourth-order valence-corrected chi connectivity index (χ4v) is 0.953. The summed E-state index contributed by atoms with van der Waals surface area (Å²) in [5.74, 6) is 0.580. The van der Waals surface area contributed by atoms with E-state index in [0.29, 0.717) is 5.82 Å². The number of aromatic nitrogens is 2. The minimum Gasteiger partial charge on any atom is -0.233 e. The van der Waals surface area contributed by atoms with E-state index in [1.54, 1.807) is 4.68 Å². The molecule has 0 bridgehead atoms. The quantitative estimate of drug-likeness (QED) is 0.762. The van der Waals surface area contributed by atoms with Gasteiger partial charge in [0.15, 0.2) is 0 Å². The molecular formula is C10H12BrN3. The van der Waals surface area contributed by atoms with Gasteiger partial charge in [0, 0.05) is 10.7 Å². The maximum atomic E-state index is 4.24. The first-order valence-electron chi connectivity index (χ1n) is 4.12. The second-order valence-corrected chi connectivity index (χ2v) is 3.88. The Morgan fingerprint density at radius 3 is 2.64 bits per heavy atom. The molecule has 0 fully saturated rings. The lowest BCUT2D eigenvalue weighted by atomic mass is 10.4. The van der Waals surface area contributed by atoms with Crippen LogP contribution in [0.5, 0.6) is 0 Å². The molecule has 1 heterocycles. The molecule has 3 nitrogen and oxygen atoms in total. The summed E-state index contributed by atoms with van der Waals surface area (Å²) in [7, 11) is 0. The fraction of sp³-hybridized carbons (Fsp3) is 0.200. The van der Waals surface area contributed by atoms with Gasteiger partial charge >= 0.3 is 0 Å². The lowest BCUT2D eigenvalue weighted by Gasteiger charge is -2.01. The molecular weight excluding hydrogens is 242 g/mol. The fourth-order valence-electron chi connectivity index (χ4n) is 0.864. The van der Waals surface area contributed by atoms with Crippen molar-refractivity contribution in [1.82, 2.24) is 9.78 Å². The first-order chi connectivity index (χ1) is 6.50. The molecule has 0 aliphatic rings. The first kappa shape index (κ1) is 10.9. The zero-order valence-corrected chi connectivity index (χ0v) is 9.87. The second-order valence-electron chi connectivity index (χ2n) is 2.92. The largest absolute Gasteiger partial charge is 0.233 e. The third-order valence-electron chi connectivity index (χ3n) is 1.68. The van der Waals surface area contributed by atoms with Gasteiger partial charge in [-0.1, -0.05) is 13.2 Å². The Morgan fingerprint density at radius 2 is 2.21 bits per heavy atom. The summed E-state index contributed by atoms with van der Waals surface area (Å²) in [5.41, 5.74) is 1.74. The lowest BCUT2D eigenvalue weighted by molar-refractivity contribution is 0.872. The monoisotopic (exact) mass is 253 g/mol. The molecule has 1 rings (SSSR count). The Labute approximate surface area is 92.0 Å². The van der Waals surface area contributed by atoms with Crippen LogP contribution in [0.4, 0.5) is 0 Å². The second kappa shape index (κ2) is 4.37. The number of halogens is 1. The standard InChI is InChI=1S/C10H12BrN3/c1-7-5-6-14(13-7)10(4)12-9(3)8(2)11/h5-6H,2,4H2,1,3H3. The molecule has 74 valence electrons. The minimum absolute atomic E-state index is 0.580. The number of hydrogen-bond acceptors (Lipinski definition) is 2. The van der Waals surface area contributed by atoms with Crippen LogP contribution in [0.25, 0.3) is 5.82 Å². The maximum Gasteiger partial charge on any atom is 0.146 e. The third kappa shape index (κ3) is 2.67. The topological polar surface area (TPSA) is 30.2 Å².